The molecule has 0 radical (unpaired) electrons. The van der Waals surface area contributed by atoms with Crippen molar-refractivity contribution < 1.29 is 14.4 Å². The van der Waals surface area contributed by atoms with E-state index in [-0.39, 0.29) is 24.4 Å². The molecule has 0 saturated carbocycles. The molecule has 0 atom stereocenters. The van der Waals surface area contributed by atoms with Crippen LogP contribution in [0.5, 0.6) is 0 Å². The highest BCUT2D eigenvalue weighted by molar-refractivity contribution is 6.01. The molecule has 0 spiro atoms. The molecule has 3 rings (SSSR count). The molecule has 4 amide bonds. The summed E-state index contributed by atoms with van der Waals surface area (Å²) >= 11 is 0. The monoisotopic (exact) mass is 394 g/mol. The molecule has 0 unspecified atom stereocenters. The van der Waals surface area contributed by atoms with Crippen molar-refractivity contribution in [3.05, 3.63) is 59.7 Å². The zero-order chi connectivity index (χ0) is 20.8. The molecule has 7 nitrogen and oxygen atoms in total. The number of anilines is 2. The van der Waals surface area contributed by atoms with Gasteiger partial charge in [0.05, 0.1) is 0 Å². The van der Waals surface area contributed by atoms with Gasteiger partial charge < -0.3 is 15.5 Å². The summed E-state index contributed by atoms with van der Waals surface area (Å²) in [5.74, 6) is -0.468. The van der Waals surface area contributed by atoms with Crippen LogP contribution in [-0.4, -0.2) is 48.9 Å². The third-order valence-electron chi connectivity index (χ3n) is 4.80. The Bertz CT molecular complexity index is 912. The van der Waals surface area contributed by atoms with E-state index in [0.29, 0.717) is 30.9 Å². The number of rotatable bonds is 7. The standard InChI is InChI=1S/C22H26N4O3/c1-3-12-25(15-20(27)24-19-10-5-4-7-16(19)2)21(28)17-8-6-9-18(14-17)26-13-11-23-22(26)29/h4-10,14H,3,11-13,15H2,1-2H3,(H,23,29)(H,24,27). The summed E-state index contributed by atoms with van der Waals surface area (Å²) in [6, 6.07) is 14.3. The van der Waals surface area contributed by atoms with Gasteiger partial charge in [-0.3, -0.25) is 14.5 Å². The summed E-state index contributed by atoms with van der Waals surface area (Å²) in [6.07, 6.45) is 0.734. The Balaban J connectivity index is 1.73. The minimum atomic E-state index is -0.240. The number of carbonyl (C=O) groups is 3. The van der Waals surface area contributed by atoms with Crippen LogP contribution in [0, 0.1) is 6.92 Å². The number of nitrogens with zero attached hydrogens (tertiary/aromatic N) is 2. The molecule has 1 saturated heterocycles. The average molecular weight is 394 g/mol. The number of para-hydroxylation sites is 1. The van der Waals surface area contributed by atoms with Crippen LogP contribution in [0.15, 0.2) is 48.5 Å². The van der Waals surface area contributed by atoms with Crippen LogP contribution in [0.3, 0.4) is 0 Å². The molecule has 2 aromatic rings. The first-order valence-electron chi connectivity index (χ1n) is 9.79. The average Bonchev–Trinajstić information content (AvgIpc) is 3.15. The van der Waals surface area contributed by atoms with E-state index >= 15 is 0 Å². The highest BCUT2D eigenvalue weighted by atomic mass is 16.2. The van der Waals surface area contributed by atoms with Gasteiger partial charge in [-0.05, 0) is 43.2 Å². The maximum Gasteiger partial charge on any atom is 0.321 e. The van der Waals surface area contributed by atoms with Crippen molar-refractivity contribution in [2.75, 3.05) is 36.4 Å². The number of nitrogens with one attached hydrogen (secondary N) is 2. The minimum Gasteiger partial charge on any atom is -0.336 e. The fraction of sp³-hybridized carbons (Fsp3) is 0.318. The van der Waals surface area contributed by atoms with E-state index < -0.39 is 0 Å². The second kappa shape index (κ2) is 9.23. The molecular weight excluding hydrogens is 368 g/mol. The number of benzene rings is 2. The smallest absolute Gasteiger partial charge is 0.321 e. The van der Waals surface area contributed by atoms with Crippen LogP contribution in [-0.2, 0) is 4.79 Å². The van der Waals surface area contributed by atoms with E-state index in [2.05, 4.69) is 10.6 Å². The number of urea groups is 1. The summed E-state index contributed by atoms with van der Waals surface area (Å²) < 4.78 is 0. The van der Waals surface area contributed by atoms with Crippen molar-refractivity contribution in [1.82, 2.24) is 10.2 Å². The number of amides is 4. The van der Waals surface area contributed by atoms with Gasteiger partial charge in [-0.2, -0.15) is 0 Å². The van der Waals surface area contributed by atoms with Crippen molar-refractivity contribution >= 4 is 29.2 Å². The Morgan fingerprint density at radius 2 is 1.97 bits per heavy atom. The van der Waals surface area contributed by atoms with Crippen molar-refractivity contribution in [3.63, 3.8) is 0 Å². The van der Waals surface area contributed by atoms with Crippen LogP contribution in [0.25, 0.3) is 0 Å². The van der Waals surface area contributed by atoms with Crippen molar-refractivity contribution in [3.8, 4) is 0 Å². The normalized spacial score (nSPS) is 13.2. The van der Waals surface area contributed by atoms with E-state index in [9.17, 15) is 14.4 Å². The Morgan fingerprint density at radius 1 is 1.17 bits per heavy atom. The molecule has 152 valence electrons. The fourth-order valence-corrected chi connectivity index (χ4v) is 3.31. The van der Waals surface area contributed by atoms with Crippen LogP contribution in [0.2, 0.25) is 0 Å². The van der Waals surface area contributed by atoms with Gasteiger partial charge in [0.1, 0.15) is 6.54 Å². The topological polar surface area (TPSA) is 81.8 Å². The molecule has 7 heteroatoms. The summed E-state index contributed by atoms with van der Waals surface area (Å²) in [5.41, 5.74) is 2.83. The van der Waals surface area contributed by atoms with Gasteiger partial charge in [-0.1, -0.05) is 31.2 Å². The zero-order valence-corrected chi connectivity index (χ0v) is 16.8. The molecule has 1 aliphatic heterocycles. The summed E-state index contributed by atoms with van der Waals surface area (Å²) in [5, 5.41) is 5.63. The van der Waals surface area contributed by atoms with E-state index in [4.69, 9.17) is 0 Å². The van der Waals surface area contributed by atoms with Crippen molar-refractivity contribution in [1.29, 1.82) is 0 Å². The van der Waals surface area contributed by atoms with Gasteiger partial charge in [0.25, 0.3) is 5.91 Å². The largest absolute Gasteiger partial charge is 0.336 e. The first-order valence-corrected chi connectivity index (χ1v) is 9.79. The molecular formula is C22H26N4O3. The SMILES string of the molecule is CCCN(CC(=O)Nc1ccccc1C)C(=O)c1cccc(N2CCNC2=O)c1. The van der Waals surface area contributed by atoms with Crippen LogP contribution >= 0.6 is 0 Å². The first kappa shape index (κ1) is 20.4. The third kappa shape index (κ3) is 4.93. The quantitative estimate of drug-likeness (QED) is 0.757. The van der Waals surface area contributed by atoms with E-state index in [1.807, 2.05) is 38.1 Å². The molecule has 29 heavy (non-hydrogen) atoms. The predicted octanol–water partition coefficient (Wildman–Crippen LogP) is 3.02. The maximum atomic E-state index is 13.1. The molecule has 1 fully saturated rings. The molecule has 1 heterocycles. The van der Waals surface area contributed by atoms with E-state index in [1.165, 1.54) is 4.90 Å². The second-order valence-electron chi connectivity index (χ2n) is 7.02. The molecule has 2 aromatic carbocycles. The van der Waals surface area contributed by atoms with Crippen LogP contribution in [0.4, 0.5) is 16.2 Å². The Morgan fingerprint density at radius 3 is 2.66 bits per heavy atom. The predicted molar refractivity (Wildman–Crippen MR) is 113 cm³/mol. The van der Waals surface area contributed by atoms with Crippen LogP contribution in [0.1, 0.15) is 29.3 Å². The highest BCUT2D eigenvalue weighted by Crippen LogP contribution is 2.19. The van der Waals surface area contributed by atoms with Gasteiger partial charge >= 0.3 is 6.03 Å². The van der Waals surface area contributed by atoms with Gasteiger partial charge in [-0.25, -0.2) is 4.79 Å². The van der Waals surface area contributed by atoms with Crippen molar-refractivity contribution in [2.45, 2.75) is 20.3 Å². The lowest BCUT2D eigenvalue weighted by molar-refractivity contribution is -0.116. The van der Waals surface area contributed by atoms with Gasteiger partial charge in [0.2, 0.25) is 5.91 Å². The maximum absolute atomic E-state index is 13.1. The van der Waals surface area contributed by atoms with Crippen molar-refractivity contribution in [2.24, 2.45) is 0 Å². The van der Waals surface area contributed by atoms with Gasteiger partial charge in [0, 0.05) is 36.6 Å². The molecule has 0 aromatic heterocycles. The Kier molecular flexibility index (Phi) is 6.49. The molecule has 0 aliphatic carbocycles. The Labute approximate surface area is 170 Å². The second-order valence-corrected chi connectivity index (χ2v) is 7.02. The number of hydrogen-bond acceptors (Lipinski definition) is 3. The van der Waals surface area contributed by atoms with Gasteiger partial charge in [0.15, 0.2) is 0 Å². The summed E-state index contributed by atoms with van der Waals surface area (Å²) in [4.78, 5) is 40.7. The number of hydrogen-bond donors (Lipinski definition) is 2. The minimum absolute atomic E-state index is 0.0323. The Hall–Kier alpha value is -3.35. The summed E-state index contributed by atoms with van der Waals surface area (Å²) in [6.45, 7) is 5.46. The lowest BCUT2D eigenvalue weighted by Crippen LogP contribution is -2.38. The van der Waals surface area contributed by atoms with Gasteiger partial charge in [-0.15, -0.1) is 0 Å². The van der Waals surface area contributed by atoms with E-state index in [1.54, 1.807) is 29.2 Å². The van der Waals surface area contributed by atoms with Crippen LogP contribution < -0.4 is 15.5 Å². The molecule has 0 bridgehead atoms. The molecule has 2 N–H and O–H groups in total. The molecule has 1 aliphatic rings. The zero-order valence-electron chi connectivity index (χ0n) is 16.8. The van der Waals surface area contributed by atoms with E-state index in [0.717, 1.165) is 17.7 Å². The fourth-order valence-electron chi connectivity index (χ4n) is 3.31. The summed E-state index contributed by atoms with van der Waals surface area (Å²) in [7, 11) is 0. The number of aryl methyl sites for hydroxylation is 1. The lowest BCUT2D eigenvalue weighted by atomic mass is 10.1. The third-order valence-corrected chi connectivity index (χ3v) is 4.80. The number of carbonyl (C=O) groups excluding carboxylic acids is 3. The lowest BCUT2D eigenvalue weighted by Gasteiger charge is -2.23. The highest BCUT2D eigenvalue weighted by Gasteiger charge is 2.23. The first-order chi connectivity index (χ1) is 14.0.